The Balaban J connectivity index is 0.00000420. The Morgan fingerprint density at radius 1 is 1.00 bits per heavy atom. The number of hydrogen-bond acceptors (Lipinski definition) is 7. The number of benzene rings is 1. The Hall–Kier alpha value is -3.28. The number of nitrogens with two attached hydrogens (primary N) is 2. The van der Waals surface area contributed by atoms with E-state index in [9.17, 15) is 14.4 Å². The van der Waals surface area contributed by atoms with Crippen molar-refractivity contribution in [1.29, 1.82) is 0 Å². The molecule has 1 atom stereocenters. The lowest BCUT2D eigenvalue weighted by molar-refractivity contribution is -0.137. The van der Waals surface area contributed by atoms with Crippen molar-refractivity contribution in [1.82, 2.24) is 24.3 Å². The Morgan fingerprint density at radius 3 is 2.31 bits per heavy atom. The summed E-state index contributed by atoms with van der Waals surface area (Å²) in [6, 6.07) is 9.48. The van der Waals surface area contributed by atoms with Crippen LogP contribution in [-0.2, 0) is 11.2 Å². The van der Waals surface area contributed by atoms with E-state index in [-0.39, 0.29) is 25.2 Å². The fourth-order valence-corrected chi connectivity index (χ4v) is 4.89. The molecule has 1 aromatic heterocycles. The minimum atomic E-state index is -0.944. The van der Waals surface area contributed by atoms with E-state index in [1.165, 1.54) is 10.1 Å². The molecule has 0 unspecified atom stereocenters. The monoisotopic (exact) mass is 540 g/mol. The van der Waals surface area contributed by atoms with E-state index in [4.69, 9.17) is 11.5 Å². The standard InChI is InChI=1S/C27H40N8O3.CH4/c1-27(2,29)24(36)33-16-18-34(19-17-33)25(37)30-23-11-15-35(26(38)31-23)22-7-5-20(6-8-22)9-13-32-12-3-4-21(28)10-14-32;/h5-8,11,15,21H,3-4,9-10,12-14,16-19,28-29H2,1-2H3,(H,30,31,37,38);1H4/t21-;/m0./s1. The lowest BCUT2D eigenvalue weighted by Gasteiger charge is -2.37. The van der Waals surface area contributed by atoms with Crippen LogP contribution in [0.2, 0.25) is 0 Å². The first kappa shape index (κ1) is 30.3. The van der Waals surface area contributed by atoms with Crippen molar-refractivity contribution in [2.75, 3.05) is 51.1 Å². The second kappa shape index (κ2) is 13.2. The van der Waals surface area contributed by atoms with Crippen LogP contribution in [0.4, 0.5) is 10.6 Å². The summed E-state index contributed by atoms with van der Waals surface area (Å²) in [6.45, 7) is 8.05. The molecule has 2 saturated heterocycles. The normalized spacial score (nSPS) is 18.7. The molecule has 2 aliphatic rings. The van der Waals surface area contributed by atoms with Crippen molar-refractivity contribution in [3.05, 3.63) is 52.6 Å². The van der Waals surface area contributed by atoms with Crippen molar-refractivity contribution in [2.45, 2.75) is 58.5 Å². The van der Waals surface area contributed by atoms with Gasteiger partial charge in [0.2, 0.25) is 5.91 Å². The van der Waals surface area contributed by atoms with Crippen LogP contribution in [0.1, 0.15) is 46.1 Å². The second-order valence-corrected chi connectivity index (χ2v) is 10.8. The van der Waals surface area contributed by atoms with Gasteiger partial charge in [-0.3, -0.25) is 14.7 Å². The number of carbonyl (C=O) groups excluding carboxylic acids is 2. The maximum Gasteiger partial charge on any atom is 0.354 e. The lowest BCUT2D eigenvalue weighted by Crippen LogP contribution is -2.58. The smallest absolute Gasteiger partial charge is 0.338 e. The average molecular weight is 541 g/mol. The minimum absolute atomic E-state index is 0. The molecule has 4 rings (SSSR count). The summed E-state index contributed by atoms with van der Waals surface area (Å²) in [4.78, 5) is 47.5. The number of anilines is 1. The van der Waals surface area contributed by atoms with Crippen LogP contribution in [0.15, 0.2) is 41.3 Å². The SMILES string of the molecule is C.CC(C)(N)C(=O)N1CCN(C(=O)Nc2ccn(-c3ccc(CCN4CCC[C@H](N)CC4)cc3)c(=O)n2)CC1. The van der Waals surface area contributed by atoms with Crippen molar-refractivity contribution in [3.8, 4) is 5.69 Å². The van der Waals surface area contributed by atoms with Crippen LogP contribution in [0.5, 0.6) is 0 Å². The van der Waals surface area contributed by atoms with Crippen LogP contribution in [0, 0.1) is 0 Å². The number of hydrogen-bond donors (Lipinski definition) is 3. The molecule has 0 saturated carbocycles. The Morgan fingerprint density at radius 2 is 1.67 bits per heavy atom. The number of aromatic nitrogens is 2. The van der Waals surface area contributed by atoms with Crippen LogP contribution in [0.3, 0.4) is 0 Å². The molecular weight excluding hydrogens is 496 g/mol. The predicted molar refractivity (Wildman–Crippen MR) is 154 cm³/mol. The van der Waals surface area contributed by atoms with Gasteiger partial charge in [0.05, 0.1) is 11.2 Å². The number of amides is 3. The first-order chi connectivity index (χ1) is 18.1. The molecule has 214 valence electrons. The average Bonchev–Trinajstić information content (AvgIpc) is 3.11. The molecule has 39 heavy (non-hydrogen) atoms. The molecule has 11 heteroatoms. The molecule has 2 fully saturated rings. The van der Waals surface area contributed by atoms with Gasteiger partial charge in [0.1, 0.15) is 5.82 Å². The van der Waals surface area contributed by atoms with Crippen molar-refractivity contribution < 1.29 is 9.59 Å². The highest BCUT2D eigenvalue weighted by Crippen LogP contribution is 2.14. The fourth-order valence-electron chi connectivity index (χ4n) is 4.89. The van der Waals surface area contributed by atoms with Gasteiger partial charge in [-0.1, -0.05) is 19.6 Å². The lowest BCUT2D eigenvalue weighted by atomic mass is 10.1. The number of nitrogens with zero attached hydrogens (tertiary/aromatic N) is 5. The minimum Gasteiger partial charge on any atom is -0.338 e. The van der Waals surface area contributed by atoms with Crippen molar-refractivity contribution in [3.63, 3.8) is 0 Å². The molecular formula is C28H44N8O3. The van der Waals surface area contributed by atoms with Gasteiger partial charge in [-0.2, -0.15) is 4.98 Å². The van der Waals surface area contributed by atoms with Gasteiger partial charge in [0.25, 0.3) is 0 Å². The molecule has 0 radical (unpaired) electrons. The van der Waals surface area contributed by atoms with E-state index >= 15 is 0 Å². The third-order valence-corrected chi connectivity index (χ3v) is 7.24. The Bertz CT molecular complexity index is 1170. The van der Waals surface area contributed by atoms with Crippen LogP contribution in [0.25, 0.3) is 5.69 Å². The second-order valence-electron chi connectivity index (χ2n) is 10.8. The quantitative estimate of drug-likeness (QED) is 0.505. The summed E-state index contributed by atoms with van der Waals surface area (Å²) in [7, 11) is 0. The molecule has 2 aliphatic heterocycles. The molecule has 0 aliphatic carbocycles. The maximum absolute atomic E-state index is 12.7. The van der Waals surface area contributed by atoms with Gasteiger partial charge in [0, 0.05) is 45.0 Å². The van der Waals surface area contributed by atoms with E-state index in [2.05, 4.69) is 15.2 Å². The zero-order chi connectivity index (χ0) is 27.3. The summed E-state index contributed by atoms with van der Waals surface area (Å²) >= 11 is 0. The number of rotatable bonds is 6. The summed E-state index contributed by atoms with van der Waals surface area (Å²) < 4.78 is 1.45. The molecule has 5 N–H and O–H groups in total. The zero-order valence-corrected chi connectivity index (χ0v) is 22.4. The molecule has 0 spiro atoms. The van der Waals surface area contributed by atoms with E-state index in [1.807, 2.05) is 24.3 Å². The van der Waals surface area contributed by atoms with Gasteiger partial charge in [0.15, 0.2) is 0 Å². The largest absolute Gasteiger partial charge is 0.354 e. The maximum atomic E-state index is 12.7. The third kappa shape index (κ3) is 8.11. The van der Waals surface area contributed by atoms with E-state index in [0.717, 1.165) is 45.3 Å². The Kier molecular flexibility index (Phi) is 10.2. The topological polar surface area (TPSA) is 143 Å². The van der Waals surface area contributed by atoms with E-state index in [0.29, 0.717) is 37.9 Å². The van der Waals surface area contributed by atoms with E-state index < -0.39 is 11.2 Å². The number of urea groups is 1. The predicted octanol–water partition coefficient (Wildman–Crippen LogP) is 1.64. The molecule has 11 nitrogen and oxygen atoms in total. The third-order valence-electron chi connectivity index (χ3n) is 7.24. The highest BCUT2D eigenvalue weighted by atomic mass is 16.2. The molecule has 0 bridgehead atoms. The molecule has 2 aromatic rings. The number of carbonyl (C=O) groups is 2. The molecule has 3 heterocycles. The molecule has 3 amide bonds. The number of likely N-dealkylation sites (tertiary alicyclic amines) is 1. The highest BCUT2D eigenvalue weighted by Gasteiger charge is 2.31. The van der Waals surface area contributed by atoms with Crippen LogP contribution >= 0.6 is 0 Å². The summed E-state index contributed by atoms with van der Waals surface area (Å²) in [5, 5.41) is 2.69. The summed E-state index contributed by atoms with van der Waals surface area (Å²) in [5.74, 6) is 0.0464. The van der Waals surface area contributed by atoms with Crippen molar-refractivity contribution >= 4 is 17.8 Å². The number of piperazine rings is 1. The van der Waals surface area contributed by atoms with Gasteiger partial charge in [-0.25, -0.2) is 9.59 Å². The van der Waals surface area contributed by atoms with Gasteiger partial charge in [-0.05, 0) is 76.4 Å². The first-order valence-electron chi connectivity index (χ1n) is 13.4. The zero-order valence-electron chi connectivity index (χ0n) is 22.4. The number of nitrogens with one attached hydrogen (secondary N) is 1. The summed E-state index contributed by atoms with van der Waals surface area (Å²) in [5.41, 5.74) is 12.5. The van der Waals surface area contributed by atoms with Crippen LogP contribution in [-0.4, -0.2) is 93.6 Å². The van der Waals surface area contributed by atoms with Crippen molar-refractivity contribution in [2.24, 2.45) is 11.5 Å². The Labute approximate surface area is 231 Å². The molecule has 1 aromatic carbocycles. The van der Waals surface area contributed by atoms with Gasteiger partial charge >= 0.3 is 11.7 Å². The van der Waals surface area contributed by atoms with Gasteiger partial charge < -0.3 is 26.2 Å². The fraction of sp³-hybridized carbons (Fsp3) is 0.571. The summed E-state index contributed by atoms with van der Waals surface area (Å²) in [6.07, 6.45) is 5.86. The first-order valence-corrected chi connectivity index (χ1v) is 13.4. The highest BCUT2D eigenvalue weighted by molar-refractivity contribution is 5.89. The van der Waals surface area contributed by atoms with E-state index in [1.54, 1.807) is 35.9 Å². The van der Waals surface area contributed by atoms with Gasteiger partial charge in [-0.15, -0.1) is 0 Å². The van der Waals surface area contributed by atoms with Crippen LogP contribution < -0.4 is 22.5 Å².